The van der Waals surface area contributed by atoms with Crippen molar-refractivity contribution in [1.29, 1.82) is 0 Å². The smallest absolute Gasteiger partial charge is 0.165 e. The molecular weight excluding hydrogens is 222 g/mol. The molecule has 0 radical (unpaired) electrons. The van der Waals surface area contributed by atoms with E-state index in [-0.39, 0.29) is 5.92 Å². The molecule has 0 spiro atoms. The first-order valence-corrected chi connectivity index (χ1v) is 6.89. The normalized spacial score (nSPS) is 23.7. The Morgan fingerprint density at radius 3 is 2.39 bits per heavy atom. The number of carbonyl (C=O) groups is 1. The van der Waals surface area contributed by atoms with Crippen LogP contribution >= 0.6 is 0 Å². The van der Waals surface area contributed by atoms with Crippen molar-refractivity contribution < 1.29 is 4.79 Å². The molecule has 0 saturated heterocycles. The van der Waals surface area contributed by atoms with Crippen molar-refractivity contribution in [2.75, 3.05) is 19.0 Å². The second-order valence-electron chi connectivity index (χ2n) is 5.77. The van der Waals surface area contributed by atoms with Crippen molar-refractivity contribution >= 4 is 11.5 Å². The summed E-state index contributed by atoms with van der Waals surface area (Å²) in [4.78, 5) is 14.5. The second kappa shape index (κ2) is 5.55. The van der Waals surface area contributed by atoms with Crippen molar-refractivity contribution in [3.05, 3.63) is 29.8 Å². The van der Waals surface area contributed by atoms with Gasteiger partial charge >= 0.3 is 0 Å². The van der Waals surface area contributed by atoms with Gasteiger partial charge in [-0.05, 0) is 43.0 Å². The van der Waals surface area contributed by atoms with Gasteiger partial charge in [0.15, 0.2) is 5.78 Å². The lowest BCUT2D eigenvalue weighted by Crippen LogP contribution is -2.21. The maximum absolute atomic E-state index is 12.4. The Hall–Kier alpha value is -1.31. The zero-order valence-corrected chi connectivity index (χ0v) is 11.6. The Balaban J connectivity index is 2.08. The number of hydrogen-bond acceptors (Lipinski definition) is 2. The van der Waals surface area contributed by atoms with E-state index in [2.05, 4.69) is 11.8 Å². The van der Waals surface area contributed by atoms with E-state index in [4.69, 9.17) is 0 Å². The molecular formula is C16H23NO. The first kappa shape index (κ1) is 13.1. The molecule has 1 aliphatic rings. The van der Waals surface area contributed by atoms with Crippen LogP contribution in [0.25, 0.3) is 0 Å². The average Bonchev–Trinajstić information content (AvgIpc) is 2.38. The number of nitrogens with zero attached hydrogens (tertiary/aromatic N) is 1. The first-order valence-electron chi connectivity index (χ1n) is 6.89. The van der Waals surface area contributed by atoms with Crippen LogP contribution < -0.4 is 4.90 Å². The molecule has 1 aromatic rings. The van der Waals surface area contributed by atoms with Gasteiger partial charge in [-0.2, -0.15) is 0 Å². The number of hydrogen-bond donors (Lipinski definition) is 0. The van der Waals surface area contributed by atoms with Gasteiger partial charge in [0.25, 0.3) is 0 Å². The van der Waals surface area contributed by atoms with Crippen molar-refractivity contribution in [1.82, 2.24) is 0 Å². The summed E-state index contributed by atoms with van der Waals surface area (Å²) in [6.45, 7) is 2.26. The first-order chi connectivity index (χ1) is 8.58. The maximum atomic E-state index is 12.4. The highest BCUT2D eigenvalue weighted by molar-refractivity contribution is 5.98. The van der Waals surface area contributed by atoms with Gasteiger partial charge in [0.1, 0.15) is 0 Å². The van der Waals surface area contributed by atoms with Gasteiger partial charge in [0, 0.05) is 31.3 Å². The third-order valence-corrected chi connectivity index (χ3v) is 3.98. The summed E-state index contributed by atoms with van der Waals surface area (Å²) in [5.41, 5.74) is 2.02. The number of Topliss-reactive ketones (excluding diaryl/α,β-unsaturated/α-hetero) is 1. The molecule has 1 aliphatic carbocycles. The standard InChI is InChI=1S/C16H23NO/c1-12-5-4-6-14(11-12)16(18)13-7-9-15(10-8-13)17(2)3/h7-10,12,14H,4-6,11H2,1-3H3. The molecule has 0 aliphatic heterocycles. The Morgan fingerprint density at radius 2 is 1.83 bits per heavy atom. The van der Waals surface area contributed by atoms with E-state index >= 15 is 0 Å². The molecule has 0 bridgehead atoms. The molecule has 2 unspecified atom stereocenters. The lowest BCUT2D eigenvalue weighted by atomic mass is 9.79. The van der Waals surface area contributed by atoms with Crippen LogP contribution in [0.1, 0.15) is 43.0 Å². The molecule has 0 N–H and O–H groups in total. The van der Waals surface area contributed by atoms with Crippen LogP contribution in [-0.4, -0.2) is 19.9 Å². The van der Waals surface area contributed by atoms with Gasteiger partial charge in [-0.15, -0.1) is 0 Å². The largest absolute Gasteiger partial charge is 0.378 e. The molecule has 0 aromatic heterocycles. The Bertz CT molecular complexity index is 408. The van der Waals surface area contributed by atoms with E-state index in [1.54, 1.807) is 0 Å². The Morgan fingerprint density at radius 1 is 1.17 bits per heavy atom. The van der Waals surface area contributed by atoms with E-state index < -0.39 is 0 Å². The fourth-order valence-electron chi connectivity index (χ4n) is 2.83. The van der Waals surface area contributed by atoms with Crippen molar-refractivity contribution in [3.8, 4) is 0 Å². The molecule has 2 heteroatoms. The van der Waals surface area contributed by atoms with Crippen molar-refractivity contribution in [2.45, 2.75) is 32.6 Å². The number of benzene rings is 1. The van der Waals surface area contributed by atoms with Crippen LogP contribution in [0.5, 0.6) is 0 Å². The van der Waals surface area contributed by atoms with Crippen molar-refractivity contribution in [3.63, 3.8) is 0 Å². The molecule has 1 aromatic carbocycles. The zero-order valence-electron chi connectivity index (χ0n) is 11.6. The predicted molar refractivity (Wildman–Crippen MR) is 76.2 cm³/mol. The zero-order chi connectivity index (χ0) is 13.1. The predicted octanol–water partition coefficient (Wildman–Crippen LogP) is 3.76. The number of carbonyl (C=O) groups excluding carboxylic acids is 1. The summed E-state index contributed by atoms with van der Waals surface area (Å²) in [7, 11) is 4.03. The van der Waals surface area contributed by atoms with Crippen LogP contribution in [0.4, 0.5) is 5.69 Å². The second-order valence-corrected chi connectivity index (χ2v) is 5.77. The lowest BCUT2D eigenvalue weighted by molar-refractivity contribution is 0.0868. The van der Waals surface area contributed by atoms with E-state index in [9.17, 15) is 4.79 Å². The van der Waals surface area contributed by atoms with Gasteiger partial charge in [0.2, 0.25) is 0 Å². The molecule has 0 amide bonds. The molecule has 0 heterocycles. The van der Waals surface area contributed by atoms with Gasteiger partial charge in [0.05, 0.1) is 0 Å². The van der Waals surface area contributed by atoms with Crippen molar-refractivity contribution in [2.24, 2.45) is 11.8 Å². The SMILES string of the molecule is CC1CCCC(C(=O)c2ccc(N(C)C)cc2)C1. The molecule has 2 nitrogen and oxygen atoms in total. The summed E-state index contributed by atoms with van der Waals surface area (Å²) in [5, 5.41) is 0. The number of rotatable bonds is 3. The lowest BCUT2D eigenvalue weighted by Gasteiger charge is -2.25. The monoisotopic (exact) mass is 245 g/mol. The topological polar surface area (TPSA) is 20.3 Å². The third-order valence-electron chi connectivity index (χ3n) is 3.98. The van der Waals surface area contributed by atoms with E-state index in [0.29, 0.717) is 11.7 Å². The highest BCUT2D eigenvalue weighted by Crippen LogP contribution is 2.31. The van der Waals surface area contributed by atoms with Gasteiger partial charge in [-0.25, -0.2) is 0 Å². The maximum Gasteiger partial charge on any atom is 0.165 e. The van der Waals surface area contributed by atoms with E-state index in [1.807, 2.05) is 38.4 Å². The van der Waals surface area contributed by atoms with E-state index in [0.717, 1.165) is 24.1 Å². The molecule has 18 heavy (non-hydrogen) atoms. The summed E-state index contributed by atoms with van der Waals surface area (Å²) >= 11 is 0. The fraction of sp³-hybridized carbons (Fsp3) is 0.562. The summed E-state index contributed by atoms with van der Waals surface area (Å²) in [6, 6.07) is 7.99. The molecule has 1 saturated carbocycles. The Kier molecular flexibility index (Phi) is 4.05. The number of ketones is 1. The quantitative estimate of drug-likeness (QED) is 0.756. The highest BCUT2D eigenvalue weighted by Gasteiger charge is 2.25. The van der Waals surface area contributed by atoms with Gasteiger partial charge in [-0.3, -0.25) is 4.79 Å². The summed E-state index contributed by atoms with van der Waals surface area (Å²) in [6.07, 6.45) is 4.61. The van der Waals surface area contributed by atoms with E-state index in [1.165, 1.54) is 12.8 Å². The van der Waals surface area contributed by atoms with Gasteiger partial charge in [-0.1, -0.05) is 19.8 Å². The summed E-state index contributed by atoms with van der Waals surface area (Å²) in [5.74, 6) is 1.29. The molecule has 98 valence electrons. The molecule has 2 rings (SSSR count). The number of anilines is 1. The molecule has 2 atom stereocenters. The van der Waals surface area contributed by atoms with Crippen LogP contribution in [0.15, 0.2) is 24.3 Å². The minimum Gasteiger partial charge on any atom is -0.378 e. The van der Waals surface area contributed by atoms with Crippen LogP contribution in [0, 0.1) is 11.8 Å². The molecule has 1 fully saturated rings. The Labute approximate surface area is 110 Å². The fourth-order valence-corrected chi connectivity index (χ4v) is 2.83. The highest BCUT2D eigenvalue weighted by atomic mass is 16.1. The van der Waals surface area contributed by atoms with Crippen LogP contribution in [0.3, 0.4) is 0 Å². The summed E-state index contributed by atoms with van der Waals surface area (Å²) < 4.78 is 0. The van der Waals surface area contributed by atoms with Gasteiger partial charge < -0.3 is 4.90 Å². The minimum absolute atomic E-state index is 0.249. The van der Waals surface area contributed by atoms with Crippen LogP contribution in [-0.2, 0) is 0 Å². The van der Waals surface area contributed by atoms with Crippen LogP contribution in [0.2, 0.25) is 0 Å². The third kappa shape index (κ3) is 2.92. The average molecular weight is 245 g/mol. The minimum atomic E-state index is 0.249.